The zero-order chi connectivity index (χ0) is 29.3. The molecule has 0 fully saturated rings. The van der Waals surface area contributed by atoms with E-state index in [4.69, 9.17) is 14.6 Å². The summed E-state index contributed by atoms with van der Waals surface area (Å²) in [5.41, 5.74) is 1.38. The summed E-state index contributed by atoms with van der Waals surface area (Å²) in [5.74, 6) is -2.16. The van der Waals surface area contributed by atoms with Gasteiger partial charge in [0, 0.05) is 0 Å². The van der Waals surface area contributed by atoms with Gasteiger partial charge in [0.25, 0.3) is 10.0 Å². The van der Waals surface area contributed by atoms with Crippen LogP contribution in [0.1, 0.15) is 11.1 Å². The van der Waals surface area contributed by atoms with E-state index in [1.807, 2.05) is 6.07 Å². The number of halogens is 6. The number of sulfonamides is 1. The molecule has 1 N–H and O–H groups in total. The highest BCUT2D eigenvalue weighted by atomic mass is 32.2. The lowest BCUT2D eigenvalue weighted by atomic mass is 10.1. The maximum atomic E-state index is 13.1. The third-order valence-corrected chi connectivity index (χ3v) is 6.97. The summed E-state index contributed by atoms with van der Waals surface area (Å²) in [6, 6.07) is 18.0. The second kappa shape index (κ2) is 10.7. The van der Waals surface area contributed by atoms with Crippen molar-refractivity contribution in [2.75, 3.05) is 6.61 Å². The second-order valence-corrected chi connectivity index (χ2v) is 9.99. The van der Waals surface area contributed by atoms with Crippen LogP contribution >= 0.6 is 0 Å². The van der Waals surface area contributed by atoms with Crippen LogP contribution in [0, 0.1) is 0 Å². The fourth-order valence-electron chi connectivity index (χ4n) is 3.92. The normalized spacial score (nSPS) is 13.9. The van der Waals surface area contributed by atoms with Gasteiger partial charge in [0.2, 0.25) is 5.62 Å². The molecule has 8 nitrogen and oxygen atoms in total. The molecule has 0 amide bonds. The molecule has 15 heteroatoms. The number of benzene rings is 3. The van der Waals surface area contributed by atoms with Crippen LogP contribution in [-0.4, -0.2) is 41.4 Å². The molecular weight excluding hydrogens is 568 g/mol. The fourth-order valence-corrected chi connectivity index (χ4v) is 4.94. The summed E-state index contributed by atoms with van der Waals surface area (Å²) in [6.45, 7) is 0.861. The number of aromatic nitrogens is 2. The summed E-state index contributed by atoms with van der Waals surface area (Å²) in [4.78, 5) is 8.95. The Hall–Kier alpha value is -4.27. The minimum Gasteiger partial charge on any atom is -0.489 e. The molecule has 0 unspecified atom stereocenters. The minimum absolute atomic E-state index is 0.0522. The SMILES string of the molecule is O=C(O)C(F)(F)F.O=S(=O)(/N=c1\n(Cc2ccc(C(F)(F)F)cc2)c2cccc3c2n1CCO3)c1ccccc1. The number of rotatable bonds is 4. The topological polar surface area (TPSA) is 103 Å². The lowest BCUT2D eigenvalue weighted by Crippen LogP contribution is -2.31. The molecule has 1 aliphatic heterocycles. The number of carboxylic acids is 1. The Morgan fingerprint density at radius 3 is 2.12 bits per heavy atom. The highest BCUT2D eigenvalue weighted by Gasteiger charge is 2.38. The van der Waals surface area contributed by atoms with Crippen LogP contribution < -0.4 is 10.4 Å². The standard InChI is InChI=1S/C23H18F3N3O3S.C2HF3O2/c24-23(25,26)17-11-9-16(10-12-17)15-29-19-7-4-8-20-21(19)28(13-14-32-20)22(29)27-33(30,31)18-5-2-1-3-6-18;3-2(4,5)1(6)7/h1-12H,13-15H2;(H,6,7)/b27-22-;. The number of para-hydroxylation sites is 1. The number of nitrogens with zero attached hydrogens (tertiary/aromatic N) is 3. The van der Waals surface area contributed by atoms with Gasteiger partial charge in [-0.2, -0.15) is 34.8 Å². The quantitative estimate of drug-likeness (QED) is 0.345. The van der Waals surface area contributed by atoms with Crippen molar-refractivity contribution in [3.05, 3.63) is 89.5 Å². The number of hydrogen-bond acceptors (Lipinski definition) is 4. The lowest BCUT2D eigenvalue weighted by molar-refractivity contribution is -0.192. The highest BCUT2D eigenvalue weighted by Crippen LogP contribution is 2.31. The van der Waals surface area contributed by atoms with Gasteiger partial charge in [-0.3, -0.25) is 0 Å². The first-order valence-corrected chi connectivity index (χ1v) is 12.8. The summed E-state index contributed by atoms with van der Waals surface area (Å²) in [6.07, 6.45) is -9.52. The maximum absolute atomic E-state index is 13.1. The molecule has 1 aliphatic rings. The third kappa shape index (κ3) is 6.14. The van der Waals surface area contributed by atoms with Crippen molar-refractivity contribution in [1.82, 2.24) is 9.13 Å². The van der Waals surface area contributed by atoms with Crippen LogP contribution in [0.2, 0.25) is 0 Å². The molecule has 5 rings (SSSR count). The highest BCUT2D eigenvalue weighted by molar-refractivity contribution is 7.90. The van der Waals surface area contributed by atoms with Crippen LogP contribution in [-0.2, 0) is 34.1 Å². The lowest BCUT2D eigenvalue weighted by Gasteiger charge is -2.15. The number of hydrogen-bond donors (Lipinski definition) is 1. The number of alkyl halides is 6. The molecule has 0 aliphatic carbocycles. The zero-order valence-electron chi connectivity index (χ0n) is 20.1. The van der Waals surface area contributed by atoms with E-state index in [1.165, 1.54) is 24.3 Å². The van der Waals surface area contributed by atoms with Crippen molar-refractivity contribution in [3.8, 4) is 5.75 Å². The average molecular weight is 587 g/mol. The summed E-state index contributed by atoms with van der Waals surface area (Å²) in [7, 11) is -4.03. The van der Waals surface area contributed by atoms with Crippen LogP contribution in [0.25, 0.3) is 11.0 Å². The van der Waals surface area contributed by atoms with Crippen LogP contribution in [0.5, 0.6) is 5.75 Å². The Morgan fingerprint density at radius 2 is 1.55 bits per heavy atom. The monoisotopic (exact) mass is 587 g/mol. The minimum atomic E-state index is -5.08. The Labute approximate surface area is 222 Å². The van der Waals surface area contributed by atoms with E-state index >= 15 is 0 Å². The van der Waals surface area contributed by atoms with Gasteiger partial charge < -0.3 is 19.0 Å². The van der Waals surface area contributed by atoms with Crippen LogP contribution in [0.4, 0.5) is 26.3 Å². The predicted molar refractivity (Wildman–Crippen MR) is 129 cm³/mol. The molecule has 2 heterocycles. The molecule has 0 atom stereocenters. The van der Waals surface area contributed by atoms with Crippen molar-refractivity contribution < 1.29 is 49.4 Å². The molecule has 0 saturated carbocycles. The number of imidazole rings is 1. The predicted octanol–water partition coefficient (Wildman–Crippen LogP) is 4.83. The van der Waals surface area contributed by atoms with Gasteiger partial charge in [-0.1, -0.05) is 36.4 Å². The van der Waals surface area contributed by atoms with Crippen molar-refractivity contribution >= 4 is 27.0 Å². The van der Waals surface area contributed by atoms with E-state index in [-0.39, 0.29) is 17.1 Å². The molecule has 40 heavy (non-hydrogen) atoms. The summed E-state index contributed by atoms with van der Waals surface area (Å²) < 4.78 is 110. The van der Waals surface area contributed by atoms with Gasteiger partial charge >= 0.3 is 18.3 Å². The molecule has 0 bridgehead atoms. The van der Waals surface area contributed by atoms with Gasteiger partial charge in [0.1, 0.15) is 17.9 Å². The van der Waals surface area contributed by atoms with Gasteiger partial charge in [-0.25, -0.2) is 4.79 Å². The summed E-state index contributed by atoms with van der Waals surface area (Å²) in [5, 5.41) is 7.12. The second-order valence-electron chi connectivity index (χ2n) is 8.39. The van der Waals surface area contributed by atoms with E-state index in [1.54, 1.807) is 39.5 Å². The number of ether oxygens (including phenoxy) is 1. The van der Waals surface area contributed by atoms with Crippen molar-refractivity contribution in [2.24, 2.45) is 4.40 Å². The van der Waals surface area contributed by atoms with Crippen LogP contribution in [0.15, 0.2) is 82.1 Å². The van der Waals surface area contributed by atoms with Gasteiger partial charge in [0.05, 0.1) is 29.1 Å². The Morgan fingerprint density at radius 1 is 0.925 bits per heavy atom. The maximum Gasteiger partial charge on any atom is 0.490 e. The first-order valence-electron chi connectivity index (χ1n) is 11.4. The third-order valence-electron chi connectivity index (χ3n) is 5.70. The zero-order valence-corrected chi connectivity index (χ0v) is 21.0. The molecule has 3 aromatic carbocycles. The van der Waals surface area contributed by atoms with Gasteiger partial charge in [0.15, 0.2) is 0 Å². The molecule has 4 aromatic rings. The van der Waals surface area contributed by atoms with E-state index in [2.05, 4.69) is 4.40 Å². The fraction of sp³-hybridized carbons (Fsp3) is 0.200. The van der Waals surface area contributed by atoms with E-state index in [0.717, 1.165) is 12.1 Å². The van der Waals surface area contributed by atoms with Crippen molar-refractivity contribution in [1.29, 1.82) is 0 Å². The van der Waals surface area contributed by atoms with Crippen molar-refractivity contribution in [3.63, 3.8) is 0 Å². The number of carboxylic acid groups (broad SMARTS) is 1. The van der Waals surface area contributed by atoms with Gasteiger partial charge in [-0.05, 0) is 42.0 Å². The molecule has 0 spiro atoms. The number of carbonyl (C=O) groups is 1. The average Bonchev–Trinajstić information content (AvgIpc) is 3.18. The Balaban J connectivity index is 0.000000470. The molecular formula is C25H19F6N3O5S. The van der Waals surface area contributed by atoms with E-state index in [9.17, 15) is 34.8 Å². The first kappa shape index (κ1) is 28.7. The molecule has 0 radical (unpaired) electrons. The Kier molecular flexibility index (Phi) is 7.70. The summed E-state index contributed by atoms with van der Waals surface area (Å²) >= 11 is 0. The molecule has 212 valence electrons. The van der Waals surface area contributed by atoms with Crippen molar-refractivity contribution in [2.45, 2.75) is 30.3 Å². The van der Waals surface area contributed by atoms with E-state index < -0.39 is 33.9 Å². The van der Waals surface area contributed by atoms with Gasteiger partial charge in [-0.15, -0.1) is 4.40 Å². The number of aliphatic carboxylic acids is 1. The van der Waals surface area contributed by atoms with Crippen LogP contribution in [0.3, 0.4) is 0 Å². The molecule has 0 saturated heterocycles. The first-order chi connectivity index (χ1) is 18.7. The molecule has 1 aromatic heterocycles. The largest absolute Gasteiger partial charge is 0.490 e. The Bertz CT molecular complexity index is 1710. The van der Waals surface area contributed by atoms with E-state index in [0.29, 0.717) is 35.5 Å². The smallest absolute Gasteiger partial charge is 0.489 e.